The van der Waals surface area contributed by atoms with Gasteiger partial charge in [-0.3, -0.25) is 14.8 Å². The van der Waals surface area contributed by atoms with Crippen molar-refractivity contribution in [1.29, 1.82) is 0 Å². The summed E-state index contributed by atoms with van der Waals surface area (Å²) in [5.41, 5.74) is 5.57. The number of aliphatic imine (C=N–C) groups is 1. The van der Waals surface area contributed by atoms with E-state index >= 15 is 0 Å². The highest BCUT2D eigenvalue weighted by atomic mass is 32.2. The molecule has 0 aliphatic carbocycles. The van der Waals surface area contributed by atoms with Gasteiger partial charge < -0.3 is 20.1 Å². The molecule has 0 aromatic heterocycles. The Morgan fingerprint density at radius 3 is 2.40 bits per heavy atom. The first-order chi connectivity index (χ1) is 14.0. The number of rotatable bonds is 8. The SMILES string of the molecule is C=C(N=C(/C=C(\N)OC)OC)NC(=O)NS(=O)(=O)Nc1ccccc1C(=O)N(C)C. The first kappa shape index (κ1) is 24.3. The van der Waals surface area contributed by atoms with E-state index in [2.05, 4.69) is 21.6 Å². The van der Waals surface area contributed by atoms with Gasteiger partial charge >= 0.3 is 16.2 Å². The average Bonchev–Trinajstić information content (AvgIpc) is 2.65. The average molecular weight is 440 g/mol. The van der Waals surface area contributed by atoms with E-state index in [-0.39, 0.29) is 28.9 Å². The number of nitrogens with one attached hydrogen (secondary N) is 3. The standard InChI is InChI=1S/C17H24N6O6S/c1-11(19-15(29-5)10-14(18)28-4)20-17(25)22-30(26,27)21-13-9-7-6-8-12(13)16(24)23(2)3/h6-10,21H,1,18H2,2-5H3,(H2,20,22,25)/b14-10+,19-15?. The minimum absolute atomic E-state index is 0.00445. The molecule has 164 valence electrons. The summed E-state index contributed by atoms with van der Waals surface area (Å²) in [5.74, 6) is -0.707. The second-order valence-corrected chi connectivity index (χ2v) is 7.17. The molecule has 1 aromatic carbocycles. The number of carbonyl (C=O) groups excluding carboxylic acids is 2. The fraction of sp³-hybridized carbons (Fsp3) is 0.235. The van der Waals surface area contributed by atoms with Crippen LogP contribution in [0.25, 0.3) is 0 Å². The number of nitrogens with two attached hydrogens (primary N) is 1. The molecule has 0 saturated heterocycles. The lowest BCUT2D eigenvalue weighted by atomic mass is 10.1. The second kappa shape index (κ2) is 10.7. The normalized spacial score (nSPS) is 11.9. The monoisotopic (exact) mass is 440 g/mol. The van der Waals surface area contributed by atoms with Crippen LogP contribution in [0.5, 0.6) is 0 Å². The second-order valence-electron chi connectivity index (χ2n) is 5.76. The maximum Gasteiger partial charge on any atom is 0.335 e. The molecule has 0 heterocycles. The molecule has 3 amide bonds. The number of methoxy groups -OCH3 is 2. The Labute approximate surface area is 174 Å². The van der Waals surface area contributed by atoms with E-state index in [0.29, 0.717) is 0 Å². The van der Waals surface area contributed by atoms with Crippen LogP contribution < -0.4 is 20.5 Å². The molecule has 0 radical (unpaired) electrons. The summed E-state index contributed by atoms with van der Waals surface area (Å²) in [6.45, 7) is 3.47. The first-order valence-corrected chi connectivity index (χ1v) is 9.72. The Kier molecular flexibility index (Phi) is 8.67. The number of para-hydroxylation sites is 1. The van der Waals surface area contributed by atoms with Gasteiger partial charge in [0.05, 0.1) is 31.5 Å². The third kappa shape index (κ3) is 7.71. The molecule has 0 aliphatic heterocycles. The van der Waals surface area contributed by atoms with Gasteiger partial charge in [0.15, 0.2) is 5.88 Å². The van der Waals surface area contributed by atoms with Gasteiger partial charge in [0.25, 0.3) is 5.91 Å². The van der Waals surface area contributed by atoms with E-state index in [1.807, 2.05) is 0 Å². The van der Waals surface area contributed by atoms with Crippen molar-refractivity contribution in [3.8, 4) is 0 Å². The lowest BCUT2D eigenvalue weighted by Gasteiger charge is -2.15. The molecule has 0 unspecified atom stereocenters. The Bertz CT molecular complexity index is 971. The van der Waals surface area contributed by atoms with Crippen molar-refractivity contribution in [3.05, 3.63) is 54.2 Å². The van der Waals surface area contributed by atoms with E-state index in [1.54, 1.807) is 10.8 Å². The fourth-order valence-corrected chi connectivity index (χ4v) is 2.74. The molecule has 0 bridgehead atoms. The molecule has 12 nitrogen and oxygen atoms in total. The molecular formula is C17H24N6O6S. The van der Waals surface area contributed by atoms with Crippen molar-refractivity contribution in [2.45, 2.75) is 0 Å². The van der Waals surface area contributed by atoms with Gasteiger partial charge in [-0.1, -0.05) is 18.7 Å². The zero-order valence-corrected chi connectivity index (χ0v) is 17.7. The number of benzene rings is 1. The van der Waals surface area contributed by atoms with Gasteiger partial charge in [-0.15, -0.1) is 0 Å². The molecular weight excluding hydrogens is 416 g/mol. The number of amides is 3. The number of ether oxygens (including phenoxy) is 2. The quantitative estimate of drug-likeness (QED) is 0.256. The van der Waals surface area contributed by atoms with Gasteiger partial charge in [0, 0.05) is 14.1 Å². The van der Waals surface area contributed by atoms with Crippen LogP contribution in [-0.2, 0) is 19.7 Å². The van der Waals surface area contributed by atoms with E-state index in [4.69, 9.17) is 15.2 Å². The molecule has 1 aromatic rings. The molecule has 0 aliphatic rings. The van der Waals surface area contributed by atoms with Crippen LogP contribution >= 0.6 is 0 Å². The highest BCUT2D eigenvalue weighted by Crippen LogP contribution is 2.17. The third-order valence-corrected chi connectivity index (χ3v) is 4.19. The zero-order valence-electron chi connectivity index (χ0n) is 16.9. The number of anilines is 1. The summed E-state index contributed by atoms with van der Waals surface area (Å²) in [6, 6.07) is 4.80. The molecule has 30 heavy (non-hydrogen) atoms. The number of urea groups is 1. The van der Waals surface area contributed by atoms with Crippen molar-refractivity contribution in [2.75, 3.05) is 33.0 Å². The molecule has 0 spiro atoms. The summed E-state index contributed by atoms with van der Waals surface area (Å²) in [7, 11) is 1.31. The molecule has 5 N–H and O–H groups in total. The Morgan fingerprint density at radius 1 is 1.20 bits per heavy atom. The van der Waals surface area contributed by atoms with E-state index in [9.17, 15) is 18.0 Å². The Hall–Kier alpha value is -3.74. The van der Waals surface area contributed by atoms with Crippen molar-refractivity contribution in [2.24, 2.45) is 10.7 Å². The van der Waals surface area contributed by atoms with E-state index < -0.39 is 22.1 Å². The van der Waals surface area contributed by atoms with Crippen molar-refractivity contribution in [1.82, 2.24) is 14.9 Å². The van der Waals surface area contributed by atoms with Crippen LogP contribution in [0, 0.1) is 0 Å². The summed E-state index contributed by atoms with van der Waals surface area (Å²) in [4.78, 5) is 29.3. The van der Waals surface area contributed by atoms with Crippen molar-refractivity contribution >= 4 is 33.7 Å². The summed E-state index contributed by atoms with van der Waals surface area (Å²) in [6.07, 6.45) is 1.22. The Morgan fingerprint density at radius 2 is 1.83 bits per heavy atom. The molecule has 13 heteroatoms. The minimum Gasteiger partial charge on any atom is -0.483 e. The predicted octanol–water partition coefficient (Wildman–Crippen LogP) is 0.307. The van der Waals surface area contributed by atoms with Gasteiger partial charge in [-0.25, -0.2) is 9.52 Å². The van der Waals surface area contributed by atoms with Crippen LogP contribution in [-0.4, -0.2) is 59.5 Å². The molecule has 1 rings (SSSR count). The minimum atomic E-state index is -4.37. The molecule has 0 fully saturated rings. The van der Waals surface area contributed by atoms with Crippen LogP contribution in [0.4, 0.5) is 10.5 Å². The first-order valence-electron chi connectivity index (χ1n) is 8.24. The highest BCUT2D eigenvalue weighted by Gasteiger charge is 2.19. The number of carbonyl (C=O) groups is 2. The largest absolute Gasteiger partial charge is 0.483 e. The van der Waals surface area contributed by atoms with Gasteiger partial charge in [0.1, 0.15) is 5.82 Å². The highest BCUT2D eigenvalue weighted by molar-refractivity contribution is 7.91. The zero-order chi connectivity index (χ0) is 22.9. The van der Waals surface area contributed by atoms with Crippen LogP contribution in [0.2, 0.25) is 0 Å². The lowest BCUT2D eigenvalue weighted by Crippen LogP contribution is -2.41. The summed E-state index contributed by atoms with van der Waals surface area (Å²) in [5, 5.41) is 2.12. The maximum atomic E-state index is 12.3. The summed E-state index contributed by atoms with van der Waals surface area (Å²) >= 11 is 0. The molecule has 0 saturated carbocycles. The third-order valence-electron chi connectivity index (χ3n) is 3.25. The van der Waals surface area contributed by atoms with E-state index in [0.717, 1.165) is 0 Å². The smallest absolute Gasteiger partial charge is 0.335 e. The van der Waals surface area contributed by atoms with Gasteiger partial charge in [-0.2, -0.15) is 13.4 Å². The van der Waals surface area contributed by atoms with Gasteiger partial charge in [-0.05, 0) is 12.1 Å². The number of nitrogens with zero attached hydrogens (tertiary/aromatic N) is 2. The van der Waals surface area contributed by atoms with Crippen molar-refractivity contribution in [3.63, 3.8) is 0 Å². The number of hydrogen-bond acceptors (Lipinski definition) is 8. The van der Waals surface area contributed by atoms with Crippen LogP contribution in [0.15, 0.2) is 53.6 Å². The molecule has 0 atom stereocenters. The number of hydrogen-bond donors (Lipinski definition) is 4. The summed E-state index contributed by atoms with van der Waals surface area (Å²) < 4.78 is 38.0. The van der Waals surface area contributed by atoms with Crippen LogP contribution in [0.3, 0.4) is 0 Å². The topological polar surface area (TPSA) is 164 Å². The Balaban J connectivity index is 2.87. The maximum absolute atomic E-state index is 12.3. The van der Waals surface area contributed by atoms with Crippen LogP contribution in [0.1, 0.15) is 10.4 Å². The van der Waals surface area contributed by atoms with Gasteiger partial charge in [0.2, 0.25) is 5.90 Å². The van der Waals surface area contributed by atoms with E-state index in [1.165, 1.54) is 57.5 Å². The van der Waals surface area contributed by atoms with Crippen molar-refractivity contribution < 1.29 is 27.5 Å². The fourth-order valence-electron chi connectivity index (χ4n) is 1.93. The predicted molar refractivity (Wildman–Crippen MR) is 112 cm³/mol. The lowest BCUT2D eigenvalue weighted by molar-refractivity contribution is 0.0828.